The second-order valence-electron chi connectivity index (χ2n) is 6.79. The van der Waals surface area contributed by atoms with E-state index in [1.54, 1.807) is 0 Å². The monoisotopic (exact) mass is 329 g/mol. The van der Waals surface area contributed by atoms with Gasteiger partial charge in [-0.1, -0.05) is 75.4 Å². The molecule has 0 spiro atoms. The van der Waals surface area contributed by atoms with Gasteiger partial charge >= 0.3 is 0 Å². The Kier molecular flexibility index (Phi) is 5.23. The lowest BCUT2D eigenvalue weighted by Gasteiger charge is -2.35. The summed E-state index contributed by atoms with van der Waals surface area (Å²) >= 11 is 0. The Morgan fingerprint density at radius 1 is 0.640 bits per heavy atom. The molecule has 3 aromatic rings. The summed E-state index contributed by atoms with van der Waals surface area (Å²) in [6, 6.07) is 30.1. The van der Waals surface area contributed by atoms with E-state index in [1.165, 1.54) is 22.6 Å². The quantitative estimate of drug-likeness (QED) is 0.461. The first-order chi connectivity index (χ1) is 12.2. The number of hydrogen-bond acceptors (Lipinski definition) is 1. The summed E-state index contributed by atoms with van der Waals surface area (Å²) in [6.07, 6.45) is 2.25. The fraction of sp³-hybridized carbons (Fsp3) is 0.250. The predicted octanol–water partition coefficient (Wildman–Crippen LogP) is 7.23. The van der Waals surface area contributed by atoms with Crippen LogP contribution in [0.2, 0.25) is 0 Å². The number of benzene rings is 3. The molecule has 0 unspecified atom stereocenters. The van der Waals surface area contributed by atoms with Crippen LogP contribution in [0.25, 0.3) is 0 Å². The molecule has 0 heterocycles. The molecule has 0 saturated heterocycles. The van der Waals surface area contributed by atoms with Gasteiger partial charge in [0.1, 0.15) is 0 Å². The molecule has 0 N–H and O–H groups in total. The molecule has 0 amide bonds. The maximum atomic E-state index is 2.38. The van der Waals surface area contributed by atoms with E-state index in [4.69, 9.17) is 0 Å². The molecule has 0 aromatic heterocycles. The molecular weight excluding hydrogens is 302 g/mol. The van der Waals surface area contributed by atoms with Gasteiger partial charge in [-0.15, -0.1) is 0 Å². The molecular formula is C24H27N. The fourth-order valence-electron chi connectivity index (χ4n) is 3.39. The molecule has 0 aliphatic heterocycles. The average molecular weight is 329 g/mol. The number of rotatable bonds is 6. The van der Waals surface area contributed by atoms with Gasteiger partial charge in [0.2, 0.25) is 0 Å². The van der Waals surface area contributed by atoms with Crippen molar-refractivity contribution in [1.82, 2.24) is 0 Å². The molecule has 0 aliphatic carbocycles. The van der Waals surface area contributed by atoms with Gasteiger partial charge in [-0.25, -0.2) is 0 Å². The van der Waals surface area contributed by atoms with Crippen molar-refractivity contribution >= 4 is 17.1 Å². The smallest absolute Gasteiger partial charge is 0.0499 e. The van der Waals surface area contributed by atoms with Crippen LogP contribution in [0.15, 0.2) is 84.9 Å². The second kappa shape index (κ2) is 7.57. The van der Waals surface area contributed by atoms with Crippen molar-refractivity contribution in [2.75, 3.05) is 4.90 Å². The molecule has 0 bridgehead atoms. The highest BCUT2D eigenvalue weighted by atomic mass is 15.1. The molecule has 1 nitrogen and oxygen atoms in total. The molecule has 0 fully saturated rings. The molecule has 3 rings (SSSR count). The molecule has 3 aromatic carbocycles. The van der Waals surface area contributed by atoms with Crippen LogP contribution in [0.5, 0.6) is 0 Å². The Labute approximate surface area is 151 Å². The van der Waals surface area contributed by atoms with Gasteiger partial charge in [0.15, 0.2) is 0 Å². The van der Waals surface area contributed by atoms with Gasteiger partial charge in [-0.3, -0.25) is 0 Å². The lowest BCUT2D eigenvalue weighted by Crippen LogP contribution is -2.23. The topological polar surface area (TPSA) is 3.24 Å². The van der Waals surface area contributed by atoms with Crippen LogP contribution in [0.3, 0.4) is 0 Å². The van der Waals surface area contributed by atoms with Crippen molar-refractivity contribution < 1.29 is 0 Å². The van der Waals surface area contributed by atoms with E-state index in [0.717, 1.165) is 12.8 Å². The zero-order valence-electron chi connectivity index (χ0n) is 15.4. The number of hydrogen-bond donors (Lipinski definition) is 0. The third-order valence-corrected chi connectivity index (χ3v) is 5.38. The van der Waals surface area contributed by atoms with Crippen molar-refractivity contribution in [3.63, 3.8) is 0 Å². The summed E-state index contributed by atoms with van der Waals surface area (Å²) in [6.45, 7) is 6.95. The minimum Gasteiger partial charge on any atom is -0.310 e. The maximum Gasteiger partial charge on any atom is 0.0499 e. The lowest BCUT2D eigenvalue weighted by atomic mass is 9.76. The Morgan fingerprint density at radius 2 is 1.08 bits per heavy atom. The Hall–Kier alpha value is -2.54. The highest BCUT2D eigenvalue weighted by Gasteiger charge is 2.27. The SMILES string of the molecule is CCC(C)(CC)c1ccccc1N(c1ccccc1)c1ccccc1. The molecule has 0 radical (unpaired) electrons. The van der Waals surface area contributed by atoms with Crippen LogP contribution in [0.4, 0.5) is 17.1 Å². The highest BCUT2D eigenvalue weighted by Crippen LogP contribution is 2.43. The summed E-state index contributed by atoms with van der Waals surface area (Å²) in [5.74, 6) is 0. The van der Waals surface area contributed by atoms with E-state index in [1.807, 2.05) is 0 Å². The van der Waals surface area contributed by atoms with Gasteiger partial charge in [-0.2, -0.15) is 0 Å². The molecule has 0 atom stereocenters. The van der Waals surface area contributed by atoms with E-state index in [9.17, 15) is 0 Å². The first-order valence-corrected chi connectivity index (χ1v) is 9.19. The Balaban J connectivity index is 2.22. The van der Waals surface area contributed by atoms with Crippen LogP contribution in [0, 0.1) is 0 Å². The minimum atomic E-state index is 0.165. The van der Waals surface area contributed by atoms with Crippen LogP contribution in [-0.4, -0.2) is 0 Å². The van der Waals surface area contributed by atoms with Gasteiger partial charge < -0.3 is 4.90 Å². The zero-order chi connectivity index (χ0) is 17.7. The van der Waals surface area contributed by atoms with E-state index in [-0.39, 0.29) is 5.41 Å². The van der Waals surface area contributed by atoms with Gasteiger partial charge in [0.25, 0.3) is 0 Å². The summed E-state index contributed by atoms with van der Waals surface area (Å²) in [5.41, 5.74) is 5.23. The number of nitrogens with zero attached hydrogens (tertiary/aromatic N) is 1. The van der Waals surface area contributed by atoms with Crippen LogP contribution in [0.1, 0.15) is 39.2 Å². The van der Waals surface area contributed by atoms with Crippen molar-refractivity contribution in [2.45, 2.75) is 39.0 Å². The normalized spacial score (nSPS) is 11.3. The van der Waals surface area contributed by atoms with Crippen LogP contribution < -0.4 is 4.90 Å². The Morgan fingerprint density at radius 3 is 1.56 bits per heavy atom. The molecule has 1 heteroatoms. The third kappa shape index (κ3) is 3.46. The van der Waals surface area contributed by atoms with Gasteiger partial charge in [-0.05, 0) is 54.2 Å². The molecule has 0 saturated carbocycles. The van der Waals surface area contributed by atoms with E-state index in [0.29, 0.717) is 0 Å². The van der Waals surface area contributed by atoms with E-state index < -0.39 is 0 Å². The predicted molar refractivity (Wildman–Crippen MR) is 109 cm³/mol. The van der Waals surface area contributed by atoms with Gasteiger partial charge in [0, 0.05) is 17.1 Å². The minimum absolute atomic E-state index is 0.165. The molecule has 0 aliphatic rings. The summed E-state index contributed by atoms with van der Waals surface area (Å²) in [7, 11) is 0. The standard InChI is InChI=1S/C24H27N/c1-4-24(3,5-2)22-18-12-13-19-23(22)25(20-14-8-6-9-15-20)21-16-10-7-11-17-21/h6-19H,4-5H2,1-3H3. The zero-order valence-corrected chi connectivity index (χ0v) is 15.4. The van der Waals surface area contributed by atoms with Crippen LogP contribution >= 0.6 is 0 Å². The Bertz CT molecular complexity index is 749. The molecule has 25 heavy (non-hydrogen) atoms. The van der Waals surface area contributed by atoms with Crippen molar-refractivity contribution in [3.8, 4) is 0 Å². The summed E-state index contributed by atoms with van der Waals surface area (Å²) in [4.78, 5) is 2.37. The largest absolute Gasteiger partial charge is 0.310 e. The third-order valence-electron chi connectivity index (χ3n) is 5.38. The van der Waals surface area contributed by atoms with E-state index in [2.05, 4.69) is 111 Å². The number of para-hydroxylation sites is 3. The van der Waals surface area contributed by atoms with Crippen molar-refractivity contribution in [3.05, 3.63) is 90.5 Å². The summed E-state index contributed by atoms with van der Waals surface area (Å²) < 4.78 is 0. The maximum absolute atomic E-state index is 2.38. The fourth-order valence-corrected chi connectivity index (χ4v) is 3.39. The van der Waals surface area contributed by atoms with Crippen LogP contribution in [-0.2, 0) is 5.41 Å². The molecule has 128 valence electrons. The van der Waals surface area contributed by atoms with Crippen molar-refractivity contribution in [2.24, 2.45) is 0 Å². The summed E-state index contributed by atoms with van der Waals surface area (Å²) in [5, 5.41) is 0. The lowest BCUT2D eigenvalue weighted by molar-refractivity contribution is 0.440. The highest BCUT2D eigenvalue weighted by molar-refractivity contribution is 5.79. The van der Waals surface area contributed by atoms with E-state index >= 15 is 0 Å². The van der Waals surface area contributed by atoms with Crippen molar-refractivity contribution in [1.29, 1.82) is 0 Å². The van der Waals surface area contributed by atoms with Gasteiger partial charge in [0.05, 0.1) is 0 Å². The first-order valence-electron chi connectivity index (χ1n) is 9.19. The first kappa shape index (κ1) is 17.3. The number of anilines is 3. The second-order valence-corrected chi connectivity index (χ2v) is 6.79. The average Bonchev–Trinajstić information content (AvgIpc) is 2.70.